The van der Waals surface area contributed by atoms with Crippen LogP contribution in [0.25, 0.3) is 0 Å². The first-order chi connectivity index (χ1) is 14.2. The fourth-order valence-corrected chi connectivity index (χ4v) is 3.83. The minimum Gasteiger partial charge on any atom is -0.377 e. The van der Waals surface area contributed by atoms with E-state index in [9.17, 15) is 5.11 Å². The molecule has 0 aliphatic carbocycles. The molecule has 1 heteroatoms. The highest BCUT2D eigenvalue weighted by Crippen LogP contribution is 2.40. The van der Waals surface area contributed by atoms with Crippen LogP contribution in [-0.2, 0) is 27.3 Å². The van der Waals surface area contributed by atoms with Crippen molar-refractivity contribution in [2.75, 3.05) is 0 Å². The summed E-state index contributed by atoms with van der Waals surface area (Å²) in [6.07, 6.45) is 1.70. The second-order valence-corrected chi connectivity index (χ2v) is 13.6. The quantitative estimate of drug-likeness (QED) is 0.482. The Morgan fingerprint density at radius 2 is 0.656 bits per heavy atom. The van der Waals surface area contributed by atoms with Crippen molar-refractivity contribution in [1.82, 2.24) is 0 Å². The lowest BCUT2D eigenvalue weighted by molar-refractivity contribution is 0.134. The van der Waals surface area contributed by atoms with Crippen molar-refractivity contribution in [2.24, 2.45) is 0 Å². The largest absolute Gasteiger partial charge is 0.377 e. The SMILES string of the molecule is C=CC(O)(c1cc(C(C)(C)C)cc(C(C)(C)C)c1)c1cc(C(C)(C)C)cc(C(C)(C)C)c1. The lowest BCUT2D eigenvalue weighted by Crippen LogP contribution is -2.28. The molecule has 0 bridgehead atoms. The zero-order valence-electron chi connectivity index (χ0n) is 22.7. The Hall–Kier alpha value is -1.86. The molecule has 32 heavy (non-hydrogen) atoms. The summed E-state index contributed by atoms with van der Waals surface area (Å²) in [4.78, 5) is 0. The smallest absolute Gasteiger partial charge is 0.133 e. The Kier molecular flexibility index (Phi) is 6.74. The summed E-state index contributed by atoms with van der Waals surface area (Å²) in [5.41, 5.74) is 5.29. The molecule has 1 nitrogen and oxygen atoms in total. The van der Waals surface area contributed by atoms with Gasteiger partial charge in [0.25, 0.3) is 0 Å². The maximum Gasteiger partial charge on any atom is 0.133 e. The van der Waals surface area contributed by atoms with Crippen LogP contribution in [0.15, 0.2) is 49.1 Å². The number of hydrogen-bond donors (Lipinski definition) is 1. The summed E-state index contributed by atoms with van der Waals surface area (Å²) in [6, 6.07) is 13.2. The van der Waals surface area contributed by atoms with Gasteiger partial charge in [0.1, 0.15) is 5.60 Å². The van der Waals surface area contributed by atoms with E-state index < -0.39 is 5.60 Å². The molecule has 0 aliphatic heterocycles. The molecule has 2 aromatic carbocycles. The van der Waals surface area contributed by atoms with Crippen LogP contribution in [0.5, 0.6) is 0 Å². The zero-order valence-corrected chi connectivity index (χ0v) is 22.7. The molecular weight excluding hydrogens is 388 g/mol. The average Bonchev–Trinajstić information content (AvgIpc) is 2.63. The van der Waals surface area contributed by atoms with E-state index in [1.54, 1.807) is 6.08 Å². The van der Waals surface area contributed by atoms with Gasteiger partial charge in [-0.1, -0.05) is 132 Å². The van der Waals surface area contributed by atoms with Gasteiger partial charge in [-0.3, -0.25) is 0 Å². The van der Waals surface area contributed by atoms with Gasteiger partial charge in [0.15, 0.2) is 0 Å². The molecule has 0 heterocycles. The number of rotatable bonds is 3. The van der Waals surface area contributed by atoms with Crippen molar-refractivity contribution in [3.05, 3.63) is 82.4 Å². The van der Waals surface area contributed by atoms with Gasteiger partial charge in [-0.2, -0.15) is 0 Å². The third-order valence-corrected chi connectivity index (χ3v) is 6.51. The van der Waals surface area contributed by atoms with E-state index in [1.165, 1.54) is 22.3 Å². The molecule has 0 radical (unpaired) electrons. The van der Waals surface area contributed by atoms with Crippen molar-refractivity contribution < 1.29 is 5.11 Å². The van der Waals surface area contributed by atoms with Gasteiger partial charge in [0, 0.05) is 0 Å². The van der Waals surface area contributed by atoms with Crippen LogP contribution >= 0.6 is 0 Å². The number of hydrogen-bond acceptors (Lipinski definition) is 1. The van der Waals surface area contributed by atoms with Crippen LogP contribution in [0.4, 0.5) is 0 Å². The van der Waals surface area contributed by atoms with Gasteiger partial charge in [-0.25, -0.2) is 0 Å². The topological polar surface area (TPSA) is 20.2 Å². The monoisotopic (exact) mass is 434 g/mol. The molecule has 0 fully saturated rings. The molecule has 0 spiro atoms. The zero-order chi connectivity index (χ0) is 24.9. The summed E-state index contributed by atoms with van der Waals surface area (Å²) in [6.45, 7) is 30.8. The van der Waals surface area contributed by atoms with Crippen molar-refractivity contribution in [2.45, 2.75) is 110 Å². The molecule has 0 amide bonds. The van der Waals surface area contributed by atoms with E-state index >= 15 is 0 Å². The molecule has 0 aliphatic rings. The molecule has 2 rings (SSSR count). The van der Waals surface area contributed by atoms with Crippen LogP contribution in [0.2, 0.25) is 0 Å². The van der Waals surface area contributed by atoms with Crippen LogP contribution in [0.3, 0.4) is 0 Å². The molecule has 0 saturated heterocycles. The summed E-state index contributed by atoms with van der Waals surface area (Å²) < 4.78 is 0. The summed E-state index contributed by atoms with van der Waals surface area (Å²) in [5, 5.41) is 12.2. The number of aliphatic hydroxyl groups is 1. The van der Waals surface area contributed by atoms with Crippen LogP contribution < -0.4 is 0 Å². The second-order valence-electron chi connectivity index (χ2n) is 13.6. The predicted octanol–water partition coefficient (Wildman–Crippen LogP) is 8.30. The van der Waals surface area contributed by atoms with Crippen molar-refractivity contribution >= 4 is 0 Å². The normalized spacial score (nSPS) is 13.9. The molecular formula is C31H46O. The van der Waals surface area contributed by atoms with Crippen molar-refractivity contribution in [1.29, 1.82) is 0 Å². The first-order valence-corrected chi connectivity index (χ1v) is 11.9. The first kappa shape index (κ1) is 26.4. The average molecular weight is 435 g/mol. The van der Waals surface area contributed by atoms with Crippen molar-refractivity contribution in [3.63, 3.8) is 0 Å². The molecule has 1 N–H and O–H groups in total. The molecule has 176 valence electrons. The van der Waals surface area contributed by atoms with E-state index in [0.29, 0.717) is 0 Å². The van der Waals surface area contributed by atoms with Gasteiger partial charge in [0.05, 0.1) is 0 Å². The van der Waals surface area contributed by atoms with E-state index in [0.717, 1.165) is 11.1 Å². The third kappa shape index (κ3) is 5.54. The predicted molar refractivity (Wildman–Crippen MR) is 141 cm³/mol. The highest BCUT2D eigenvalue weighted by molar-refractivity contribution is 5.50. The van der Waals surface area contributed by atoms with Crippen LogP contribution in [0, 0.1) is 0 Å². The molecule has 0 aromatic heterocycles. The van der Waals surface area contributed by atoms with E-state index in [2.05, 4.69) is 126 Å². The fourth-order valence-electron chi connectivity index (χ4n) is 3.83. The minimum atomic E-state index is -1.28. The number of benzene rings is 2. The second kappa shape index (κ2) is 8.17. The summed E-state index contributed by atoms with van der Waals surface area (Å²) in [7, 11) is 0. The molecule has 0 saturated carbocycles. The van der Waals surface area contributed by atoms with Gasteiger partial charge in [0.2, 0.25) is 0 Å². The Labute approximate surface area is 198 Å². The van der Waals surface area contributed by atoms with Crippen LogP contribution in [-0.4, -0.2) is 5.11 Å². The van der Waals surface area contributed by atoms with E-state index in [-0.39, 0.29) is 21.7 Å². The Morgan fingerprint density at radius 1 is 0.469 bits per heavy atom. The standard InChI is InChI=1S/C31H46O/c1-14-31(32,25-17-21(27(2,3)4)15-22(18-25)28(5,6)7)26-19-23(29(8,9)10)16-24(20-26)30(11,12)13/h14-20,32H,1H2,2-13H3. The maximum atomic E-state index is 12.2. The minimum absolute atomic E-state index is 0.0259. The maximum absolute atomic E-state index is 12.2. The summed E-state index contributed by atoms with van der Waals surface area (Å²) in [5.74, 6) is 0. The Balaban J connectivity index is 2.91. The lowest BCUT2D eigenvalue weighted by atomic mass is 9.73. The van der Waals surface area contributed by atoms with Crippen molar-refractivity contribution in [3.8, 4) is 0 Å². The highest BCUT2D eigenvalue weighted by Gasteiger charge is 2.33. The Bertz CT molecular complexity index is 839. The molecule has 0 unspecified atom stereocenters. The van der Waals surface area contributed by atoms with Crippen LogP contribution in [0.1, 0.15) is 116 Å². The fraction of sp³-hybridized carbons (Fsp3) is 0.548. The summed E-state index contributed by atoms with van der Waals surface area (Å²) >= 11 is 0. The third-order valence-electron chi connectivity index (χ3n) is 6.51. The Morgan fingerprint density at radius 3 is 0.812 bits per heavy atom. The first-order valence-electron chi connectivity index (χ1n) is 11.9. The molecule has 0 atom stereocenters. The van der Waals surface area contributed by atoms with E-state index in [4.69, 9.17) is 0 Å². The van der Waals surface area contributed by atoms with Gasteiger partial charge >= 0.3 is 0 Å². The molecule has 2 aromatic rings. The van der Waals surface area contributed by atoms with E-state index in [1.807, 2.05) is 0 Å². The van der Waals surface area contributed by atoms with Gasteiger partial charge in [-0.05, 0) is 55.0 Å². The highest BCUT2D eigenvalue weighted by atomic mass is 16.3. The lowest BCUT2D eigenvalue weighted by Gasteiger charge is -2.34. The van der Waals surface area contributed by atoms with Gasteiger partial charge < -0.3 is 5.11 Å². The van der Waals surface area contributed by atoms with Gasteiger partial charge in [-0.15, -0.1) is 0 Å².